The van der Waals surface area contributed by atoms with Crippen molar-refractivity contribution in [3.63, 3.8) is 0 Å². The first kappa shape index (κ1) is 20.0. The van der Waals surface area contributed by atoms with E-state index in [0.717, 1.165) is 11.1 Å². The lowest BCUT2D eigenvalue weighted by Gasteiger charge is -2.35. The zero-order valence-corrected chi connectivity index (χ0v) is 17.0. The largest absolute Gasteiger partial charge is 0.489 e. The second-order valence-corrected chi connectivity index (χ2v) is 8.34. The van der Waals surface area contributed by atoms with Crippen LogP contribution in [0, 0.1) is 0 Å². The van der Waals surface area contributed by atoms with Crippen LogP contribution in [0.5, 0.6) is 11.5 Å². The number of carbonyl (C=O) groups is 3. The highest BCUT2D eigenvalue weighted by atomic mass is 32.2. The van der Waals surface area contributed by atoms with Crippen molar-refractivity contribution in [1.82, 2.24) is 5.32 Å². The van der Waals surface area contributed by atoms with E-state index in [4.69, 9.17) is 14.6 Å². The molecular weight excluding hydrogens is 406 g/mol. The fourth-order valence-corrected chi connectivity index (χ4v) is 3.86. The molecule has 2 heterocycles. The Morgan fingerprint density at radius 1 is 1.27 bits per heavy atom. The molecule has 0 bridgehead atoms. The van der Waals surface area contributed by atoms with Crippen LogP contribution >= 0.6 is 11.8 Å². The summed E-state index contributed by atoms with van der Waals surface area (Å²) in [4.78, 5) is 34.0. The Bertz CT molecular complexity index is 1060. The van der Waals surface area contributed by atoms with Crippen molar-refractivity contribution in [3.05, 3.63) is 64.9 Å². The van der Waals surface area contributed by atoms with Crippen molar-refractivity contribution in [3.8, 4) is 11.5 Å². The van der Waals surface area contributed by atoms with Gasteiger partial charge in [0.2, 0.25) is 5.12 Å². The molecule has 154 valence electrons. The highest BCUT2D eigenvalue weighted by Crippen LogP contribution is 2.34. The molecule has 2 aliphatic rings. The number of hydrogen-bond acceptors (Lipinski definition) is 6. The van der Waals surface area contributed by atoms with Gasteiger partial charge >= 0.3 is 5.97 Å². The van der Waals surface area contributed by atoms with Crippen LogP contribution in [-0.2, 0) is 11.2 Å². The number of fused-ring (bicyclic) bond motifs is 1. The minimum atomic E-state index is -0.952. The number of benzene rings is 2. The van der Waals surface area contributed by atoms with Crippen LogP contribution in [0.2, 0.25) is 0 Å². The zero-order chi connectivity index (χ0) is 21.3. The maximum absolute atomic E-state index is 11.7. The number of rotatable bonds is 5. The number of ether oxygens (including phenoxy) is 2. The molecule has 30 heavy (non-hydrogen) atoms. The third-order valence-corrected chi connectivity index (χ3v) is 5.66. The lowest BCUT2D eigenvalue weighted by atomic mass is 9.92. The van der Waals surface area contributed by atoms with Crippen molar-refractivity contribution in [2.24, 2.45) is 0 Å². The highest BCUT2D eigenvalue weighted by Gasteiger charge is 2.33. The van der Waals surface area contributed by atoms with E-state index in [1.807, 2.05) is 6.92 Å². The number of carboxylic acids is 1. The van der Waals surface area contributed by atoms with Crippen LogP contribution in [0.1, 0.15) is 34.8 Å². The summed E-state index contributed by atoms with van der Waals surface area (Å²) in [5.41, 5.74) is 1.65. The SMILES string of the molecule is CC1(COc2ccc(C=C3NC(=O)SC3=O)cc2)CCc2cc(C(=O)O)ccc2O1. The molecule has 2 N–H and O–H groups in total. The van der Waals surface area contributed by atoms with E-state index < -0.39 is 11.6 Å². The summed E-state index contributed by atoms with van der Waals surface area (Å²) in [5, 5.41) is 11.0. The quantitative estimate of drug-likeness (QED) is 0.701. The first-order valence-electron chi connectivity index (χ1n) is 9.34. The van der Waals surface area contributed by atoms with Gasteiger partial charge < -0.3 is 19.9 Å². The van der Waals surface area contributed by atoms with Crippen molar-refractivity contribution >= 4 is 34.2 Å². The van der Waals surface area contributed by atoms with Gasteiger partial charge in [0.05, 0.1) is 11.3 Å². The Hall–Kier alpha value is -3.26. The molecule has 1 atom stereocenters. The fraction of sp³-hybridized carbons (Fsp3) is 0.227. The first-order chi connectivity index (χ1) is 14.3. The van der Waals surface area contributed by atoms with Crippen molar-refractivity contribution < 1.29 is 29.0 Å². The molecule has 7 nitrogen and oxygen atoms in total. The van der Waals surface area contributed by atoms with Gasteiger partial charge in [-0.05, 0) is 67.3 Å². The standard InChI is InChI=1S/C22H19NO6S/c1-22(9-8-14-11-15(19(24)25)4-7-18(14)29-22)12-28-16-5-2-13(3-6-16)10-17-20(26)30-21(27)23-17/h2-7,10-11H,8-9,12H2,1H3,(H,23,27)(H,24,25). The van der Waals surface area contributed by atoms with E-state index in [1.165, 1.54) is 6.07 Å². The number of aromatic carboxylic acids is 1. The predicted molar refractivity (Wildman–Crippen MR) is 112 cm³/mol. The molecule has 2 aromatic rings. The number of amides is 1. The number of hydrogen-bond donors (Lipinski definition) is 2. The maximum atomic E-state index is 11.7. The van der Waals surface area contributed by atoms with Gasteiger partial charge in [-0.25, -0.2) is 4.79 Å². The lowest BCUT2D eigenvalue weighted by Crippen LogP contribution is -2.42. The van der Waals surface area contributed by atoms with E-state index in [-0.39, 0.29) is 21.6 Å². The lowest BCUT2D eigenvalue weighted by molar-refractivity contribution is -0.107. The molecule has 8 heteroatoms. The van der Waals surface area contributed by atoms with Crippen molar-refractivity contribution in [1.29, 1.82) is 0 Å². The molecular formula is C22H19NO6S. The van der Waals surface area contributed by atoms with Crippen LogP contribution in [0.4, 0.5) is 4.79 Å². The van der Waals surface area contributed by atoms with E-state index in [1.54, 1.807) is 42.5 Å². The van der Waals surface area contributed by atoms with Gasteiger partial charge in [-0.1, -0.05) is 12.1 Å². The molecule has 2 aliphatic heterocycles. The van der Waals surface area contributed by atoms with Gasteiger partial charge in [0.25, 0.3) is 5.24 Å². The maximum Gasteiger partial charge on any atom is 0.335 e. The zero-order valence-electron chi connectivity index (χ0n) is 16.1. The minimum Gasteiger partial charge on any atom is -0.489 e. The van der Waals surface area contributed by atoms with Crippen molar-refractivity contribution in [2.75, 3.05) is 6.61 Å². The molecule has 0 aliphatic carbocycles. The van der Waals surface area contributed by atoms with Crippen molar-refractivity contribution in [2.45, 2.75) is 25.4 Å². The Morgan fingerprint density at radius 3 is 2.70 bits per heavy atom. The molecule has 1 saturated heterocycles. The number of thioether (sulfide) groups is 1. The summed E-state index contributed by atoms with van der Waals surface area (Å²) >= 11 is 0.647. The third-order valence-electron chi connectivity index (χ3n) is 4.96. The van der Waals surface area contributed by atoms with Crippen LogP contribution in [0.3, 0.4) is 0 Å². The van der Waals surface area contributed by atoms with Gasteiger partial charge in [0, 0.05) is 11.8 Å². The predicted octanol–water partition coefficient (Wildman–Crippen LogP) is 3.87. The molecule has 1 fully saturated rings. The monoisotopic (exact) mass is 425 g/mol. The second-order valence-electron chi connectivity index (χ2n) is 7.40. The van der Waals surface area contributed by atoms with Crippen LogP contribution in [0.25, 0.3) is 6.08 Å². The Balaban J connectivity index is 1.39. The second kappa shape index (κ2) is 7.87. The van der Waals surface area contributed by atoms with Gasteiger partial charge in [-0.15, -0.1) is 0 Å². The third kappa shape index (κ3) is 4.33. The molecule has 1 amide bonds. The molecule has 1 unspecified atom stereocenters. The Morgan fingerprint density at radius 2 is 2.03 bits per heavy atom. The fourth-order valence-electron chi connectivity index (χ4n) is 3.31. The topological polar surface area (TPSA) is 102 Å². The normalized spacial score (nSPS) is 21.7. The van der Waals surface area contributed by atoms with E-state index in [2.05, 4.69) is 5.32 Å². The smallest absolute Gasteiger partial charge is 0.335 e. The summed E-state index contributed by atoms with van der Waals surface area (Å²) < 4.78 is 12.0. The van der Waals surface area contributed by atoms with Crippen LogP contribution in [-0.4, -0.2) is 33.6 Å². The molecule has 2 aromatic carbocycles. The Kier molecular flexibility index (Phi) is 5.26. The number of aryl methyl sites for hydroxylation is 1. The number of nitrogens with one attached hydrogen (secondary N) is 1. The average Bonchev–Trinajstić information content (AvgIpc) is 3.03. The summed E-state index contributed by atoms with van der Waals surface area (Å²) in [6, 6.07) is 12.1. The van der Waals surface area contributed by atoms with Gasteiger partial charge in [0.15, 0.2) is 0 Å². The Labute approximate surface area is 177 Å². The number of carboxylic acid groups (broad SMARTS) is 1. The minimum absolute atomic E-state index is 0.254. The average molecular weight is 425 g/mol. The van der Waals surface area contributed by atoms with Gasteiger partial charge in [0.1, 0.15) is 23.7 Å². The van der Waals surface area contributed by atoms with Crippen LogP contribution in [0.15, 0.2) is 48.2 Å². The summed E-state index contributed by atoms with van der Waals surface area (Å²) in [6.07, 6.45) is 3.03. The van der Waals surface area contributed by atoms with E-state index in [9.17, 15) is 14.4 Å². The van der Waals surface area contributed by atoms with Gasteiger partial charge in [-0.3, -0.25) is 9.59 Å². The van der Waals surface area contributed by atoms with E-state index >= 15 is 0 Å². The molecule has 0 radical (unpaired) electrons. The first-order valence-corrected chi connectivity index (χ1v) is 10.2. The summed E-state index contributed by atoms with van der Waals surface area (Å²) in [6.45, 7) is 2.30. The number of carbonyl (C=O) groups excluding carboxylic acids is 2. The van der Waals surface area contributed by atoms with E-state index in [0.29, 0.717) is 42.7 Å². The van der Waals surface area contributed by atoms with Gasteiger partial charge in [-0.2, -0.15) is 0 Å². The summed E-state index contributed by atoms with van der Waals surface area (Å²) in [7, 11) is 0. The molecule has 0 saturated carbocycles. The molecule has 4 rings (SSSR count). The van der Waals surface area contributed by atoms with Crippen LogP contribution < -0.4 is 14.8 Å². The molecule has 0 spiro atoms. The molecule has 0 aromatic heterocycles. The highest BCUT2D eigenvalue weighted by molar-refractivity contribution is 8.27. The summed E-state index contributed by atoms with van der Waals surface area (Å²) in [5.74, 6) is 0.387.